The molecule has 3 heteroatoms. The standard InChI is InChI=1S/C3H3N3.2C2H6.CH4/c1-4-2-6-3-5-1;2*1-2;/h1-3H;2*1-2H3;1H4. The minimum Gasteiger partial charge on any atom is -0.225 e. The lowest BCUT2D eigenvalue weighted by molar-refractivity contribution is 1.05. The van der Waals surface area contributed by atoms with Gasteiger partial charge in [0.15, 0.2) is 0 Å². The largest absolute Gasteiger partial charge is 0.225 e. The lowest BCUT2D eigenvalue weighted by Crippen LogP contribution is -1.73. The van der Waals surface area contributed by atoms with Gasteiger partial charge < -0.3 is 0 Å². The van der Waals surface area contributed by atoms with Gasteiger partial charge in [0.05, 0.1) is 0 Å². The molecule has 0 bridgehead atoms. The van der Waals surface area contributed by atoms with Crippen LogP contribution in [0.25, 0.3) is 0 Å². The van der Waals surface area contributed by atoms with E-state index in [1.54, 1.807) is 0 Å². The zero-order chi connectivity index (χ0) is 8.24. The molecule has 66 valence electrons. The van der Waals surface area contributed by atoms with Crippen molar-refractivity contribution >= 4 is 0 Å². The highest BCUT2D eigenvalue weighted by molar-refractivity contribution is 4.51. The number of hydrogen-bond donors (Lipinski definition) is 0. The Morgan fingerprint density at radius 1 is 0.636 bits per heavy atom. The first-order valence-corrected chi connectivity index (χ1v) is 3.55. The number of hydrogen-bond acceptors (Lipinski definition) is 3. The SMILES string of the molecule is C.CC.CC.c1ncncn1. The van der Waals surface area contributed by atoms with Crippen LogP contribution < -0.4 is 0 Å². The van der Waals surface area contributed by atoms with Crippen LogP contribution in [0.15, 0.2) is 19.0 Å². The summed E-state index contributed by atoms with van der Waals surface area (Å²) >= 11 is 0. The summed E-state index contributed by atoms with van der Waals surface area (Å²) in [7, 11) is 0. The van der Waals surface area contributed by atoms with E-state index in [0.717, 1.165) is 0 Å². The van der Waals surface area contributed by atoms with Gasteiger partial charge in [0.25, 0.3) is 0 Å². The van der Waals surface area contributed by atoms with Crippen LogP contribution in [0.5, 0.6) is 0 Å². The minimum atomic E-state index is 0. The summed E-state index contributed by atoms with van der Waals surface area (Å²) in [5.41, 5.74) is 0. The van der Waals surface area contributed by atoms with Crippen molar-refractivity contribution in [3.8, 4) is 0 Å². The van der Waals surface area contributed by atoms with Crippen molar-refractivity contribution in [1.82, 2.24) is 15.0 Å². The fourth-order valence-electron chi connectivity index (χ4n) is 0.205. The van der Waals surface area contributed by atoms with Gasteiger partial charge in [0.2, 0.25) is 0 Å². The fraction of sp³-hybridized carbons (Fsp3) is 0.625. The zero-order valence-corrected chi connectivity index (χ0v) is 7.07. The molecule has 0 aliphatic heterocycles. The molecule has 0 saturated heterocycles. The Balaban J connectivity index is -0.000000114. The van der Waals surface area contributed by atoms with E-state index in [2.05, 4.69) is 15.0 Å². The Bertz CT molecular complexity index is 81.3. The van der Waals surface area contributed by atoms with Crippen LogP contribution in [0.4, 0.5) is 0 Å². The second-order valence-electron chi connectivity index (χ2n) is 0.794. The van der Waals surface area contributed by atoms with Gasteiger partial charge in [-0.05, 0) is 0 Å². The van der Waals surface area contributed by atoms with Crippen LogP contribution in [0.2, 0.25) is 0 Å². The van der Waals surface area contributed by atoms with Gasteiger partial charge in [-0.3, -0.25) is 0 Å². The van der Waals surface area contributed by atoms with Gasteiger partial charge in [0, 0.05) is 0 Å². The van der Waals surface area contributed by atoms with Crippen LogP contribution in [0, 0.1) is 0 Å². The summed E-state index contributed by atoms with van der Waals surface area (Å²) in [6, 6.07) is 0. The highest BCUT2D eigenvalue weighted by Crippen LogP contribution is 1.57. The summed E-state index contributed by atoms with van der Waals surface area (Å²) in [6.07, 6.45) is 4.31. The third kappa shape index (κ3) is 17.6. The monoisotopic (exact) mass is 157 g/mol. The van der Waals surface area contributed by atoms with Crippen molar-refractivity contribution in [2.45, 2.75) is 35.1 Å². The maximum atomic E-state index is 3.56. The molecule has 3 nitrogen and oxygen atoms in total. The molecule has 0 spiro atoms. The second kappa shape index (κ2) is 23.0. The molecule has 1 aromatic heterocycles. The van der Waals surface area contributed by atoms with Crippen LogP contribution in [-0.2, 0) is 0 Å². The van der Waals surface area contributed by atoms with E-state index >= 15 is 0 Å². The fourth-order valence-corrected chi connectivity index (χ4v) is 0.205. The summed E-state index contributed by atoms with van der Waals surface area (Å²) in [4.78, 5) is 10.7. The molecule has 0 N–H and O–H groups in total. The molecule has 0 atom stereocenters. The molecule has 1 aromatic rings. The van der Waals surface area contributed by atoms with Gasteiger partial charge in [-0.1, -0.05) is 35.1 Å². The van der Waals surface area contributed by atoms with Crippen LogP contribution in [-0.4, -0.2) is 15.0 Å². The topological polar surface area (TPSA) is 38.7 Å². The normalized spacial score (nSPS) is 5.45. The molecule has 1 rings (SSSR count). The van der Waals surface area contributed by atoms with Crippen molar-refractivity contribution in [3.05, 3.63) is 19.0 Å². The Labute approximate surface area is 69.9 Å². The molecule has 0 fully saturated rings. The lowest BCUT2D eigenvalue weighted by atomic mass is 11.0. The number of nitrogens with zero attached hydrogens (tertiary/aromatic N) is 3. The predicted octanol–water partition coefficient (Wildman–Crippen LogP) is 2.56. The lowest BCUT2D eigenvalue weighted by Gasteiger charge is -1.69. The van der Waals surface area contributed by atoms with Crippen molar-refractivity contribution in [2.24, 2.45) is 0 Å². The van der Waals surface area contributed by atoms with Crippen molar-refractivity contribution in [1.29, 1.82) is 0 Å². The van der Waals surface area contributed by atoms with E-state index in [1.807, 2.05) is 27.7 Å². The maximum absolute atomic E-state index is 3.56. The molecule has 0 amide bonds. The third-order valence-electron chi connectivity index (χ3n) is 0.400. The highest BCUT2D eigenvalue weighted by Gasteiger charge is 1.59. The summed E-state index contributed by atoms with van der Waals surface area (Å²) in [5, 5.41) is 0. The molecule has 0 saturated carbocycles. The van der Waals surface area contributed by atoms with Crippen molar-refractivity contribution in [2.75, 3.05) is 0 Å². The Kier molecular flexibility index (Phi) is 34.6. The molecule has 11 heavy (non-hydrogen) atoms. The molecule has 1 heterocycles. The second-order valence-corrected chi connectivity index (χ2v) is 0.794. The van der Waals surface area contributed by atoms with E-state index < -0.39 is 0 Å². The number of rotatable bonds is 0. The molecule has 0 unspecified atom stereocenters. The smallest absolute Gasteiger partial charge is 0.119 e. The van der Waals surface area contributed by atoms with E-state index in [-0.39, 0.29) is 7.43 Å². The van der Waals surface area contributed by atoms with E-state index in [1.165, 1.54) is 19.0 Å². The highest BCUT2D eigenvalue weighted by atomic mass is 14.9. The average Bonchev–Trinajstić information content (AvgIpc) is 2.14. The molecular weight excluding hydrogens is 138 g/mol. The van der Waals surface area contributed by atoms with E-state index in [4.69, 9.17) is 0 Å². The van der Waals surface area contributed by atoms with Crippen molar-refractivity contribution in [3.63, 3.8) is 0 Å². The number of aromatic nitrogens is 3. The third-order valence-corrected chi connectivity index (χ3v) is 0.400. The molecular formula is C8H19N3. The summed E-state index contributed by atoms with van der Waals surface area (Å²) in [6.45, 7) is 8.00. The minimum absolute atomic E-state index is 0. The first-order chi connectivity index (χ1) is 5.00. The Hall–Kier alpha value is -0.990. The van der Waals surface area contributed by atoms with Crippen molar-refractivity contribution < 1.29 is 0 Å². The molecule has 0 radical (unpaired) electrons. The van der Waals surface area contributed by atoms with Gasteiger partial charge in [-0.25, -0.2) is 15.0 Å². The van der Waals surface area contributed by atoms with Crippen LogP contribution in [0.3, 0.4) is 0 Å². The molecule has 0 aliphatic carbocycles. The van der Waals surface area contributed by atoms with Crippen LogP contribution in [0.1, 0.15) is 35.1 Å². The van der Waals surface area contributed by atoms with E-state index in [9.17, 15) is 0 Å². The van der Waals surface area contributed by atoms with Gasteiger partial charge in [-0.2, -0.15) is 0 Å². The zero-order valence-electron chi connectivity index (χ0n) is 7.07. The Morgan fingerprint density at radius 2 is 0.818 bits per heavy atom. The van der Waals surface area contributed by atoms with Gasteiger partial charge >= 0.3 is 0 Å². The maximum Gasteiger partial charge on any atom is 0.119 e. The molecule has 0 aromatic carbocycles. The van der Waals surface area contributed by atoms with Gasteiger partial charge in [0.1, 0.15) is 19.0 Å². The Morgan fingerprint density at radius 3 is 0.909 bits per heavy atom. The first kappa shape index (κ1) is 16.5. The summed E-state index contributed by atoms with van der Waals surface area (Å²) < 4.78 is 0. The van der Waals surface area contributed by atoms with Gasteiger partial charge in [-0.15, -0.1) is 0 Å². The predicted molar refractivity (Wildman–Crippen MR) is 49.3 cm³/mol. The quantitative estimate of drug-likeness (QED) is 0.581. The molecule has 0 aliphatic rings. The van der Waals surface area contributed by atoms with E-state index in [0.29, 0.717) is 0 Å². The van der Waals surface area contributed by atoms with Crippen LogP contribution >= 0.6 is 0 Å². The summed E-state index contributed by atoms with van der Waals surface area (Å²) in [5.74, 6) is 0. The average molecular weight is 157 g/mol. The first-order valence-electron chi connectivity index (χ1n) is 3.55.